The van der Waals surface area contributed by atoms with E-state index in [4.69, 9.17) is 21.5 Å². The number of ether oxygens (including phenoxy) is 1. The van der Waals surface area contributed by atoms with E-state index in [0.717, 1.165) is 54.7 Å². The van der Waals surface area contributed by atoms with Crippen molar-refractivity contribution in [2.24, 2.45) is 0 Å². The van der Waals surface area contributed by atoms with E-state index in [1.807, 2.05) is 6.08 Å². The van der Waals surface area contributed by atoms with Gasteiger partial charge in [0.05, 0.1) is 10.6 Å². The summed E-state index contributed by atoms with van der Waals surface area (Å²) in [6.45, 7) is 4.02. The number of allylic oxidation sites excluding steroid dienone is 1. The lowest BCUT2D eigenvalue weighted by Gasteiger charge is -2.37. The number of nitrogens with zero attached hydrogens (tertiary/aromatic N) is 2. The zero-order valence-corrected chi connectivity index (χ0v) is 17.0. The molecule has 1 aromatic carbocycles. The third kappa shape index (κ3) is 3.51. The van der Waals surface area contributed by atoms with Crippen molar-refractivity contribution in [1.29, 1.82) is 0 Å². The molecule has 1 aromatic heterocycles. The molecule has 4 nitrogen and oxygen atoms in total. The van der Waals surface area contributed by atoms with E-state index in [1.54, 1.807) is 13.2 Å². The predicted molar refractivity (Wildman–Crippen MR) is 111 cm³/mol. The number of methoxy groups -OCH3 is 1. The standard InChI is InChI=1S/C22H24FN2O2S/c1-3-4-16-18(7-8-20(28)22(16)26-2)25-11-9-14(10-12-25)21-17-6-5-15(23)13-19(17)27-24-21/h5-7,13-14,22H,3-4,9-12H2,1-2H3. The van der Waals surface area contributed by atoms with Gasteiger partial charge in [0, 0.05) is 49.3 Å². The Bertz CT molecular complexity index is 941. The van der Waals surface area contributed by atoms with Crippen LogP contribution in [0.5, 0.6) is 0 Å². The minimum atomic E-state index is -0.300. The molecule has 147 valence electrons. The molecular formula is C22H24FN2O2S. The quantitative estimate of drug-likeness (QED) is 0.665. The second-order valence-electron chi connectivity index (χ2n) is 7.40. The first-order valence-electron chi connectivity index (χ1n) is 9.81. The molecule has 1 unspecified atom stereocenters. The molecule has 1 atom stereocenters. The van der Waals surface area contributed by atoms with Crippen molar-refractivity contribution in [2.45, 2.75) is 44.6 Å². The summed E-state index contributed by atoms with van der Waals surface area (Å²) >= 11 is 5.43. The number of likely N-dealkylation sites (tertiary alicyclic amines) is 1. The molecule has 0 spiro atoms. The molecule has 1 radical (unpaired) electrons. The molecule has 0 amide bonds. The van der Waals surface area contributed by atoms with Crippen LogP contribution in [-0.2, 0) is 4.74 Å². The van der Waals surface area contributed by atoms with Crippen LogP contribution in [-0.4, -0.2) is 41.2 Å². The maximum Gasteiger partial charge on any atom is 0.170 e. The van der Waals surface area contributed by atoms with Crippen LogP contribution in [0.1, 0.15) is 44.2 Å². The lowest BCUT2D eigenvalue weighted by molar-refractivity contribution is 0.174. The van der Waals surface area contributed by atoms with E-state index in [1.165, 1.54) is 23.4 Å². The second-order valence-corrected chi connectivity index (χ2v) is 7.84. The van der Waals surface area contributed by atoms with Gasteiger partial charge < -0.3 is 14.2 Å². The third-order valence-electron chi connectivity index (χ3n) is 5.67. The Balaban J connectivity index is 1.53. The van der Waals surface area contributed by atoms with Crippen LogP contribution in [0.15, 0.2) is 40.1 Å². The molecule has 0 saturated carbocycles. The van der Waals surface area contributed by atoms with Gasteiger partial charge in [-0.1, -0.05) is 30.7 Å². The second kappa shape index (κ2) is 8.13. The first-order valence-corrected chi connectivity index (χ1v) is 10.2. The monoisotopic (exact) mass is 399 g/mol. The van der Waals surface area contributed by atoms with E-state index in [0.29, 0.717) is 11.5 Å². The minimum Gasteiger partial charge on any atom is -0.371 e. The number of halogens is 1. The van der Waals surface area contributed by atoms with Crippen molar-refractivity contribution in [3.63, 3.8) is 0 Å². The topological polar surface area (TPSA) is 38.5 Å². The molecular weight excluding hydrogens is 375 g/mol. The number of aromatic nitrogens is 1. The molecule has 1 fully saturated rings. The van der Waals surface area contributed by atoms with Crippen LogP contribution in [0, 0.1) is 11.9 Å². The third-order valence-corrected chi connectivity index (χ3v) is 6.01. The summed E-state index contributed by atoms with van der Waals surface area (Å²) < 4.78 is 24.4. The fourth-order valence-electron chi connectivity index (χ4n) is 4.29. The van der Waals surface area contributed by atoms with Crippen LogP contribution in [0.2, 0.25) is 0 Å². The first kappa shape index (κ1) is 19.3. The molecule has 6 heteroatoms. The zero-order valence-electron chi connectivity index (χ0n) is 16.2. The molecule has 0 N–H and O–H groups in total. The molecule has 28 heavy (non-hydrogen) atoms. The van der Waals surface area contributed by atoms with Gasteiger partial charge in [-0.2, -0.15) is 0 Å². The first-order chi connectivity index (χ1) is 13.6. The van der Waals surface area contributed by atoms with Gasteiger partial charge in [0.2, 0.25) is 0 Å². The van der Waals surface area contributed by atoms with Crippen molar-refractivity contribution in [2.75, 3.05) is 20.2 Å². The smallest absolute Gasteiger partial charge is 0.170 e. The zero-order chi connectivity index (χ0) is 19.7. The molecule has 1 aliphatic carbocycles. The number of rotatable bonds is 5. The Morgan fingerprint density at radius 2 is 2.14 bits per heavy atom. The number of fused-ring (bicyclic) bond motifs is 1. The maximum atomic E-state index is 13.4. The van der Waals surface area contributed by atoms with Crippen LogP contribution in [0.25, 0.3) is 11.0 Å². The number of hydrogen-bond donors (Lipinski definition) is 0. The Labute approximate surface area is 170 Å². The highest BCUT2D eigenvalue weighted by molar-refractivity contribution is 7.80. The van der Waals surface area contributed by atoms with E-state index < -0.39 is 0 Å². The molecule has 2 heterocycles. The normalized spacial score (nSPS) is 21.2. The molecule has 2 aliphatic rings. The highest BCUT2D eigenvalue weighted by atomic mass is 32.1. The molecule has 1 aliphatic heterocycles. The summed E-state index contributed by atoms with van der Waals surface area (Å²) in [4.78, 5) is 3.13. The average molecular weight is 400 g/mol. The van der Waals surface area contributed by atoms with Crippen molar-refractivity contribution < 1.29 is 13.7 Å². The molecule has 1 saturated heterocycles. The minimum absolute atomic E-state index is 0.151. The van der Waals surface area contributed by atoms with E-state index in [2.05, 4.69) is 23.1 Å². The number of benzene rings is 1. The van der Waals surface area contributed by atoms with Crippen LogP contribution in [0.4, 0.5) is 4.39 Å². The average Bonchev–Trinajstić information content (AvgIpc) is 3.12. The molecule has 4 rings (SSSR count). The Kier molecular flexibility index (Phi) is 5.60. The largest absolute Gasteiger partial charge is 0.371 e. The van der Waals surface area contributed by atoms with Gasteiger partial charge in [-0.05, 0) is 43.0 Å². The number of piperidine rings is 1. The Hall–Kier alpha value is -2.05. The summed E-state index contributed by atoms with van der Waals surface area (Å²) in [5, 5.41) is 5.17. The van der Waals surface area contributed by atoms with Crippen LogP contribution < -0.4 is 0 Å². The maximum absolute atomic E-state index is 13.4. The van der Waals surface area contributed by atoms with Gasteiger partial charge in [-0.25, -0.2) is 4.39 Å². The Morgan fingerprint density at radius 1 is 1.36 bits per heavy atom. The predicted octanol–water partition coefficient (Wildman–Crippen LogP) is 4.96. The van der Waals surface area contributed by atoms with Gasteiger partial charge in [-0.15, -0.1) is 0 Å². The summed E-state index contributed by atoms with van der Waals surface area (Å²) in [7, 11) is 1.71. The van der Waals surface area contributed by atoms with Crippen molar-refractivity contribution in [3.8, 4) is 0 Å². The summed E-state index contributed by atoms with van der Waals surface area (Å²) in [5.41, 5.74) is 3.92. The van der Waals surface area contributed by atoms with Crippen molar-refractivity contribution >= 4 is 28.1 Å². The molecule has 2 aromatic rings. The van der Waals surface area contributed by atoms with E-state index in [-0.39, 0.29) is 11.9 Å². The van der Waals surface area contributed by atoms with Crippen molar-refractivity contribution in [3.05, 3.63) is 53.1 Å². The fraction of sp³-hybridized carbons (Fsp3) is 0.455. The van der Waals surface area contributed by atoms with Gasteiger partial charge >= 0.3 is 0 Å². The van der Waals surface area contributed by atoms with E-state index >= 15 is 0 Å². The highest BCUT2D eigenvalue weighted by Gasteiger charge is 2.30. The molecule has 0 bridgehead atoms. The number of thiocarbonyl (C=S) groups is 1. The number of hydrogen-bond acceptors (Lipinski definition) is 5. The van der Waals surface area contributed by atoms with Crippen LogP contribution in [0.3, 0.4) is 0 Å². The Morgan fingerprint density at radius 3 is 2.86 bits per heavy atom. The SMILES string of the molecule is CCCC1=C(N2CCC(c3noc4cc(F)ccc34)CC2)C=[C]C(=S)C1OC. The summed E-state index contributed by atoms with van der Waals surface area (Å²) in [6.07, 6.45) is 9.03. The van der Waals surface area contributed by atoms with E-state index in [9.17, 15) is 4.39 Å². The van der Waals surface area contributed by atoms with Gasteiger partial charge in [0.1, 0.15) is 11.9 Å². The summed E-state index contributed by atoms with van der Waals surface area (Å²) in [6, 6.07) is 4.64. The summed E-state index contributed by atoms with van der Waals surface area (Å²) in [5.74, 6) is 0.0143. The fourth-order valence-corrected chi connectivity index (χ4v) is 4.59. The highest BCUT2D eigenvalue weighted by Crippen LogP contribution is 2.35. The van der Waals surface area contributed by atoms with Crippen molar-refractivity contribution in [1.82, 2.24) is 10.1 Å². The van der Waals surface area contributed by atoms with Gasteiger partial charge in [-0.3, -0.25) is 0 Å². The van der Waals surface area contributed by atoms with Gasteiger partial charge in [0.25, 0.3) is 0 Å². The van der Waals surface area contributed by atoms with Gasteiger partial charge in [0.15, 0.2) is 5.58 Å². The van der Waals surface area contributed by atoms with Crippen LogP contribution >= 0.6 is 12.2 Å². The lowest BCUT2D eigenvalue weighted by Crippen LogP contribution is -2.37. The lowest BCUT2D eigenvalue weighted by atomic mass is 9.89.